The van der Waals surface area contributed by atoms with E-state index in [-0.39, 0.29) is 30.2 Å². The van der Waals surface area contributed by atoms with Gasteiger partial charge < -0.3 is 14.9 Å². The fraction of sp³-hybridized carbons (Fsp3) is 0.211. The van der Waals surface area contributed by atoms with Gasteiger partial charge in [-0.1, -0.05) is 39.3 Å². The number of carbonyl (C=O) groups is 1. The lowest BCUT2D eigenvalue weighted by atomic mass is 9.96. The largest absolute Gasteiger partial charge is 0.505 e. The van der Waals surface area contributed by atoms with Crippen LogP contribution in [-0.4, -0.2) is 37.8 Å². The predicted octanol–water partition coefficient (Wildman–Crippen LogP) is 3.38. The van der Waals surface area contributed by atoms with Crippen molar-refractivity contribution in [3.63, 3.8) is 0 Å². The summed E-state index contributed by atoms with van der Waals surface area (Å²) in [6.45, 7) is 3.33. The Balaban J connectivity index is 2.33. The van der Waals surface area contributed by atoms with E-state index in [0.29, 0.717) is 16.8 Å². The van der Waals surface area contributed by atoms with Gasteiger partial charge in [-0.25, -0.2) is 9.48 Å². The molecule has 0 unspecified atom stereocenters. The van der Waals surface area contributed by atoms with Gasteiger partial charge in [0.1, 0.15) is 16.9 Å². The fourth-order valence-corrected chi connectivity index (χ4v) is 3.35. The van der Waals surface area contributed by atoms with Crippen LogP contribution in [0.1, 0.15) is 28.5 Å². The van der Waals surface area contributed by atoms with Crippen LogP contribution in [0.25, 0.3) is 16.8 Å². The van der Waals surface area contributed by atoms with Crippen LogP contribution in [0.3, 0.4) is 0 Å². The van der Waals surface area contributed by atoms with Crippen molar-refractivity contribution in [2.75, 3.05) is 6.61 Å². The van der Waals surface area contributed by atoms with Crippen LogP contribution in [0.5, 0.6) is 5.75 Å². The van der Waals surface area contributed by atoms with Crippen molar-refractivity contribution in [3.8, 4) is 22.6 Å². The second kappa shape index (κ2) is 7.89. The highest BCUT2D eigenvalue weighted by Crippen LogP contribution is 2.40. The number of ether oxygens (including phenoxy) is 1. The van der Waals surface area contributed by atoms with Gasteiger partial charge >= 0.3 is 5.97 Å². The van der Waals surface area contributed by atoms with Gasteiger partial charge in [0.15, 0.2) is 5.75 Å². The lowest BCUT2D eigenvalue weighted by Crippen LogP contribution is -2.10. The van der Waals surface area contributed by atoms with E-state index in [0.717, 1.165) is 10.0 Å². The number of hydrogen-bond acceptors (Lipinski definition) is 6. The average Bonchev–Trinajstić information content (AvgIpc) is 3.10. The smallest absolute Gasteiger partial charge is 0.342 e. The Morgan fingerprint density at radius 1 is 1.30 bits per heavy atom. The van der Waals surface area contributed by atoms with Crippen LogP contribution in [0.4, 0.5) is 0 Å². The Kier molecular flexibility index (Phi) is 5.57. The topological polar surface area (TPSA) is 97.5 Å². The lowest BCUT2D eigenvalue weighted by Gasteiger charge is -2.17. The Morgan fingerprint density at radius 3 is 2.67 bits per heavy atom. The number of nitrogens with zero attached hydrogens (tertiary/aromatic N) is 3. The molecule has 8 heteroatoms. The fourth-order valence-electron chi connectivity index (χ4n) is 2.85. The maximum atomic E-state index is 12.4. The highest BCUT2D eigenvalue weighted by molar-refractivity contribution is 9.10. The summed E-state index contributed by atoms with van der Waals surface area (Å²) in [4.78, 5) is 12.4. The Hall–Kier alpha value is -2.71. The van der Waals surface area contributed by atoms with Crippen molar-refractivity contribution in [2.24, 2.45) is 0 Å². The van der Waals surface area contributed by atoms with E-state index in [4.69, 9.17) is 4.74 Å². The SMILES string of the molecule is CCOC(=O)c1c(C)cc(-c2ccccc2Br)c(-n2cc(CO)nn2)c1O. The highest BCUT2D eigenvalue weighted by Gasteiger charge is 2.25. The molecular weight excluding hydrogens is 414 g/mol. The number of aliphatic hydroxyl groups excluding tert-OH is 1. The number of benzene rings is 2. The molecule has 0 saturated carbocycles. The number of aliphatic hydroxyl groups is 1. The van der Waals surface area contributed by atoms with Crippen LogP contribution in [0.15, 0.2) is 41.0 Å². The first-order valence-corrected chi connectivity index (χ1v) is 9.08. The quantitative estimate of drug-likeness (QED) is 0.600. The molecule has 0 radical (unpaired) electrons. The number of esters is 1. The molecule has 0 amide bonds. The number of aryl methyl sites for hydroxylation is 1. The standard InChI is InChI=1S/C19H18BrN3O4/c1-3-27-19(26)16-11(2)8-14(13-6-4-5-7-15(13)20)17(18(16)25)23-9-12(10-24)21-22-23/h4-9,24-25H,3,10H2,1-2H3. The molecule has 140 valence electrons. The molecule has 1 heterocycles. The number of halogens is 1. The van der Waals surface area contributed by atoms with Crippen LogP contribution < -0.4 is 0 Å². The summed E-state index contributed by atoms with van der Waals surface area (Å²) in [6.07, 6.45) is 1.50. The van der Waals surface area contributed by atoms with E-state index < -0.39 is 5.97 Å². The molecule has 0 aliphatic rings. The molecule has 27 heavy (non-hydrogen) atoms. The van der Waals surface area contributed by atoms with E-state index >= 15 is 0 Å². The second-order valence-electron chi connectivity index (χ2n) is 5.83. The van der Waals surface area contributed by atoms with Crippen molar-refractivity contribution >= 4 is 21.9 Å². The third kappa shape index (κ3) is 3.58. The highest BCUT2D eigenvalue weighted by atomic mass is 79.9. The molecule has 0 saturated heterocycles. The minimum atomic E-state index is -0.616. The molecular formula is C19H18BrN3O4. The zero-order valence-corrected chi connectivity index (χ0v) is 16.4. The molecule has 2 N–H and O–H groups in total. The van der Waals surface area contributed by atoms with E-state index in [9.17, 15) is 15.0 Å². The molecule has 0 aliphatic heterocycles. The van der Waals surface area contributed by atoms with Crippen LogP contribution >= 0.6 is 15.9 Å². The maximum absolute atomic E-state index is 12.4. The number of phenolic OH excluding ortho intramolecular Hbond substituents is 1. The molecule has 2 aromatic carbocycles. The van der Waals surface area contributed by atoms with Gasteiger partial charge in [-0.05, 0) is 37.1 Å². The van der Waals surface area contributed by atoms with E-state index in [2.05, 4.69) is 26.2 Å². The van der Waals surface area contributed by atoms with Crippen molar-refractivity contribution in [2.45, 2.75) is 20.5 Å². The Bertz CT molecular complexity index is 1000. The van der Waals surface area contributed by atoms with Gasteiger partial charge in [-0.3, -0.25) is 0 Å². The second-order valence-corrected chi connectivity index (χ2v) is 6.68. The van der Waals surface area contributed by atoms with Crippen molar-refractivity contribution < 1.29 is 19.7 Å². The zero-order chi connectivity index (χ0) is 19.6. The zero-order valence-electron chi connectivity index (χ0n) is 14.8. The molecule has 3 aromatic rings. The van der Waals surface area contributed by atoms with Crippen molar-refractivity contribution in [3.05, 3.63) is 57.8 Å². The van der Waals surface area contributed by atoms with Gasteiger partial charge in [0.25, 0.3) is 0 Å². The molecule has 0 aliphatic carbocycles. The first-order chi connectivity index (χ1) is 13.0. The summed E-state index contributed by atoms with van der Waals surface area (Å²) >= 11 is 3.52. The monoisotopic (exact) mass is 431 g/mol. The molecule has 3 rings (SSSR count). The maximum Gasteiger partial charge on any atom is 0.342 e. The summed E-state index contributed by atoms with van der Waals surface area (Å²) in [6, 6.07) is 9.31. The van der Waals surface area contributed by atoms with Crippen LogP contribution in [-0.2, 0) is 11.3 Å². The number of rotatable bonds is 5. The van der Waals surface area contributed by atoms with E-state index in [1.165, 1.54) is 10.9 Å². The summed E-state index contributed by atoms with van der Waals surface area (Å²) in [7, 11) is 0. The summed E-state index contributed by atoms with van der Waals surface area (Å²) in [5, 5.41) is 28.1. The molecule has 1 aromatic heterocycles. The number of phenols is 1. The molecule has 0 atom stereocenters. The van der Waals surface area contributed by atoms with E-state index in [1.54, 1.807) is 19.9 Å². The Morgan fingerprint density at radius 2 is 2.04 bits per heavy atom. The third-order valence-electron chi connectivity index (χ3n) is 4.05. The minimum absolute atomic E-state index is 0.0729. The predicted molar refractivity (Wildman–Crippen MR) is 103 cm³/mol. The van der Waals surface area contributed by atoms with Gasteiger partial charge in [-0.15, -0.1) is 5.10 Å². The molecule has 0 bridgehead atoms. The van der Waals surface area contributed by atoms with Gasteiger partial charge in [-0.2, -0.15) is 0 Å². The minimum Gasteiger partial charge on any atom is -0.505 e. The van der Waals surface area contributed by atoms with Gasteiger partial charge in [0.05, 0.1) is 19.4 Å². The summed E-state index contributed by atoms with van der Waals surface area (Å²) in [5.41, 5.74) is 2.72. The number of hydrogen-bond donors (Lipinski definition) is 2. The normalized spacial score (nSPS) is 10.8. The first-order valence-electron chi connectivity index (χ1n) is 8.29. The van der Waals surface area contributed by atoms with Crippen LogP contribution in [0, 0.1) is 6.92 Å². The van der Waals surface area contributed by atoms with Crippen molar-refractivity contribution in [1.82, 2.24) is 15.0 Å². The number of aromatic hydroxyl groups is 1. The number of carbonyl (C=O) groups excluding carboxylic acids is 1. The van der Waals surface area contributed by atoms with Gasteiger partial charge in [0.2, 0.25) is 0 Å². The first kappa shape index (κ1) is 19.1. The molecule has 0 fully saturated rings. The van der Waals surface area contributed by atoms with Gasteiger partial charge in [0, 0.05) is 10.0 Å². The van der Waals surface area contributed by atoms with Crippen LogP contribution in [0.2, 0.25) is 0 Å². The Labute approximate surface area is 164 Å². The third-order valence-corrected chi connectivity index (χ3v) is 4.74. The molecule has 0 spiro atoms. The molecule has 7 nitrogen and oxygen atoms in total. The van der Waals surface area contributed by atoms with Crippen molar-refractivity contribution in [1.29, 1.82) is 0 Å². The lowest BCUT2D eigenvalue weighted by molar-refractivity contribution is 0.0522. The average molecular weight is 432 g/mol. The van der Waals surface area contributed by atoms with E-state index in [1.807, 2.05) is 24.3 Å². The summed E-state index contributed by atoms with van der Waals surface area (Å²) < 4.78 is 7.24. The summed E-state index contributed by atoms with van der Waals surface area (Å²) in [5.74, 6) is -0.872. The number of aromatic nitrogens is 3.